The van der Waals surface area contributed by atoms with Crippen molar-refractivity contribution in [3.63, 3.8) is 0 Å². The Morgan fingerprint density at radius 2 is 1.94 bits per heavy atom. The first kappa shape index (κ1) is 22.9. The topological polar surface area (TPSA) is 86.6 Å². The first-order valence-corrected chi connectivity index (χ1v) is 10.1. The van der Waals surface area contributed by atoms with Gasteiger partial charge in [0.15, 0.2) is 10.9 Å². The van der Waals surface area contributed by atoms with Crippen molar-refractivity contribution >= 4 is 57.5 Å². The van der Waals surface area contributed by atoms with Gasteiger partial charge in [-0.25, -0.2) is 10.4 Å². The lowest BCUT2D eigenvalue weighted by molar-refractivity contribution is -0.137. The van der Waals surface area contributed by atoms with Crippen LogP contribution < -0.4 is 10.7 Å². The maximum atomic E-state index is 12.8. The SMILES string of the molecule is O=C(Cc1csc(Nc2cccc(C(F)(F)F)c2)n1)N/N=C/c1cc(Cl)c(O)c(Cl)c1. The van der Waals surface area contributed by atoms with Crippen molar-refractivity contribution in [2.45, 2.75) is 12.6 Å². The van der Waals surface area contributed by atoms with Gasteiger partial charge < -0.3 is 10.4 Å². The third kappa shape index (κ3) is 6.33. The van der Waals surface area contributed by atoms with Gasteiger partial charge >= 0.3 is 6.18 Å². The number of phenols is 1. The number of phenolic OH excluding ortho intramolecular Hbond substituents is 1. The van der Waals surface area contributed by atoms with Crippen molar-refractivity contribution in [2.75, 3.05) is 5.32 Å². The van der Waals surface area contributed by atoms with E-state index >= 15 is 0 Å². The lowest BCUT2D eigenvalue weighted by Crippen LogP contribution is -2.19. The number of hydrogen-bond acceptors (Lipinski definition) is 6. The van der Waals surface area contributed by atoms with Crippen LogP contribution in [0.2, 0.25) is 10.0 Å². The van der Waals surface area contributed by atoms with Crippen LogP contribution >= 0.6 is 34.5 Å². The zero-order chi connectivity index (χ0) is 22.6. The maximum Gasteiger partial charge on any atom is 0.416 e. The van der Waals surface area contributed by atoms with Crippen LogP contribution in [0, 0.1) is 0 Å². The van der Waals surface area contributed by atoms with E-state index in [1.54, 1.807) is 5.38 Å². The second kappa shape index (κ2) is 9.54. The minimum atomic E-state index is -4.44. The smallest absolute Gasteiger partial charge is 0.416 e. The van der Waals surface area contributed by atoms with Gasteiger partial charge in [0, 0.05) is 11.1 Å². The van der Waals surface area contributed by atoms with Crippen molar-refractivity contribution in [1.29, 1.82) is 0 Å². The van der Waals surface area contributed by atoms with Crippen LogP contribution in [0.4, 0.5) is 24.0 Å². The van der Waals surface area contributed by atoms with Gasteiger partial charge in [0.05, 0.1) is 33.9 Å². The Hall–Kier alpha value is -2.82. The highest BCUT2D eigenvalue weighted by Crippen LogP contribution is 2.33. The molecule has 3 N–H and O–H groups in total. The number of carbonyl (C=O) groups excluding carboxylic acids is 1. The van der Waals surface area contributed by atoms with Gasteiger partial charge in [-0.1, -0.05) is 29.3 Å². The second-order valence-corrected chi connectivity index (χ2v) is 7.82. The largest absolute Gasteiger partial charge is 0.505 e. The second-order valence-electron chi connectivity index (χ2n) is 6.15. The summed E-state index contributed by atoms with van der Waals surface area (Å²) in [6.45, 7) is 0. The van der Waals surface area contributed by atoms with E-state index in [0.717, 1.165) is 23.5 Å². The first-order chi connectivity index (χ1) is 14.6. The monoisotopic (exact) mass is 488 g/mol. The summed E-state index contributed by atoms with van der Waals surface area (Å²) in [5.41, 5.74) is 2.66. The molecule has 1 amide bonds. The number of aromatic nitrogens is 1. The van der Waals surface area contributed by atoms with Crippen LogP contribution in [-0.2, 0) is 17.4 Å². The number of hydrazone groups is 1. The maximum absolute atomic E-state index is 12.8. The molecule has 12 heteroatoms. The van der Waals surface area contributed by atoms with Crippen molar-refractivity contribution in [1.82, 2.24) is 10.4 Å². The Morgan fingerprint density at radius 1 is 1.23 bits per heavy atom. The number of nitrogens with zero attached hydrogens (tertiary/aromatic N) is 2. The van der Waals surface area contributed by atoms with Crippen LogP contribution in [0.15, 0.2) is 46.9 Å². The number of hydrogen-bond donors (Lipinski definition) is 3. The predicted octanol–water partition coefficient (Wildman–Crippen LogP) is 5.61. The number of aromatic hydroxyl groups is 1. The molecular weight excluding hydrogens is 476 g/mol. The van der Waals surface area contributed by atoms with Crippen LogP contribution in [0.3, 0.4) is 0 Å². The number of rotatable bonds is 6. The van der Waals surface area contributed by atoms with E-state index in [1.165, 1.54) is 30.5 Å². The lowest BCUT2D eigenvalue weighted by atomic mass is 10.2. The van der Waals surface area contributed by atoms with Crippen LogP contribution in [-0.4, -0.2) is 22.2 Å². The van der Waals surface area contributed by atoms with Gasteiger partial charge in [-0.2, -0.15) is 18.3 Å². The molecule has 2 aromatic carbocycles. The van der Waals surface area contributed by atoms with E-state index in [9.17, 15) is 23.1 Å². The fourth-order valence-corrected chi connectivity index (χ4v) is 3.62. The number of amides is 1. The molecule has 0 aliphatic rings. The Morgan fingerprint density at radius 3 is 2.61 bits per heavy atom. The van der Waals surface area contributed by atoms with Crippen molar-refractivity contribution in [3.05, 3.63) is 68.6 Å². The zero-order valence-electron chi connectivity index (χ0n) is 15.4. The predicted molar refractivity (Wildman–Crippen MR) is 114 cm³/mol. The Balaban J connectivity index is 1.57. The molecule has 0 radical (unpaired) electrons. The third-order valence-electron chi connectivity index (χ3n) is 3.78. The molecule has 3 aromatic rings. The standard InChI is InChI=1S/C19H13Cl2F3N4O2S/c20-14-4-10(5-15(21)17(14)30)8-25-28-16(29)7-13-9-31-18(27-13)26-12-3-1-2-11(6-12)19(22,23)24/h1-6,8-9,30H,7H2,(H,26,27)(H,28,29)/b25-8+. The summed E-state index contributed by atoms with van der Waals surface area (Å²) in [5.74, 6) is -0.703. The van der Waals surface area contributed by atoms with Gasteiger partial charge in [0.1, 0.15) is 0 Å². The van der Waals surface area contributed by atoms with Crippen LogP contribution in [0.25, 0.3) is 0 Å². The lowest BCUT2D eigenvalue weighted by Gasteiger charge is -2.08. The number of benzene rings is 2. The van der Waals surface area contributed by atoms with E-state index in [0.29, 0.717) is 16.4 Å². The normalized spacial score (nSPS) is 11.6. The molecule has 0 bridgehead atoms. The number of carbonyl (C=O) groups is 1. The molecule has 3 rings (SSSR count). The molecule has 0 unspecified atom stereocenters. The molecule has 0 saturated heterocycles. The van der Waals surface area contributed by atoms with E-state index in [2.05, 4.69) is 20.8 Å². The highest BCUT2D eigenvalue weighted by Gasteiger charge is 2.30. The summed E-state index contributed by atoms with van der Waals surface area (Å²) in [7, 11) is 0. The van der Waals surface area contributed by atoms with Gasteiger partial charge in [-0.05, 0) is 35.9 Å². The van der Waals surface area contributed by atoms with Gasteiger partial charge in [0.2, 0.25) is 5.91 Å². The molecule has 0 fully saturated rings. The van der Waals surface area contributed by atoms with E-state index < -0.39 is 17.6 Å². The van der Waals surface area contributed by atoms with Crippen LogP contribution in [0.5, 0.6) is 5.75 Å². The molecule has 1 aromatic heterocycles. The summed E-state index contributed by atoms with van der Waals surface area (Å²) in [4.78, 5) is 16.2. The Bertz CT molecular complexity index is 1110. The van der Waals surface area contributed by atoms with Crippen molar-refractivity contribution < 1.29 is 23.1 Å². The average molecular weight is 489 g/mol. The highest BCUT2D eigenvalue weighted by atomic mass is 35.5. The minimum Gasteiger partial charge on any atom is -0.505 e. The number of halogens is 5. The van der Waals surface area contributed by atoms with E-state index in [4.69, 9.17) is 23.2 Å². The quantitative estimate of drug-likeness (QED) is 0.310. The molecule has 162 valence electrons. The molecule has 0 aliphatic heterocycles. The molecule has 31 heavy (non-hydrogen) atoms. The summed E-state index contributed by atoms with van der Waals surface area (Å²) in [6, 6.07) is 7.57. The van der Waals surface area contributed by atoms with Crippen LogP contribution in [0.1, 0.15) is 16.8 Å². The Kier molecular flexibility index (Phi) is 7.04. The number of alkyl halides is 3. The summed E-state index contributed by atoms with van der Waals surface area (Å²) >= 11 is 12.8. The molecule has 0 aliphatic carbocycles. The van der Waals surface area contributed by atoms with Crippen molar-refractivity contribution in [2.24, 2.45) is 5.10 Å². The molecule has 0 spiro atoms. The fraction of sp³-hybridized carbons (Fsp3) is 0.105. The Labute approximate surface area is 188 Å². The molecule has 0 atom stereocenters. The van der Waals surface area contributed by atoms with E-state index in [-0.39, 0.29) is 27.9 Å². The highest BCUT2D eigenvalue weighted by molar-refractivity contribution is 7.13. The molecule has 0 saturated carbocycles. The number of thiazole rings is 1. The number of nitrogens with one attached hydrogen (secondary N) is 2. The fourth-order valence-electron chi connectivity index (χ4n) is 2.38. The third-order valence-corrected chi connectivity index (χ3v) is 5.16. The van der Waals surface area contributed by atoms with Crippen molar-refractivity contribution in [3.8, 4) is 5.75 Å². The minimum absolute atomic E-state index is 0.0450. The molecule has 6 nitrogen and oxygen atoms in total. The number of anilines is 2. The van der Waals surface area contributed by atoms with Gasteiger partial charge in [-0.3, -0.25) is 4.79 Å². The zero-order valence-corrected chi connectivity index (χ0v) is 17.7. The van der Waals surface area contributed by atoms with Gasteiger partial charge in [0.25, 0.3) is 0 Å². The summed E-state index contributed by atoms with van der Waals surface area (Å²) in [6.07, 6.45) is -3.23. The summed E-state index contributed by atoms with van der Waals surface area (Å²) in [5, 5.41) is 18.1. The molecular formula is C19H13Cl2F3N4O2S. The van der Waals surface area contributed by atoms with Gasteiger partial charge in [-0.15, -0.1) is 11.3 Å². The average Bonchev–Trinajstić information content (AvgIpc) is 3.12. The first-order valence-electron chi connectivity index (χ1n) is 8.50. The molecule has 1 heterocycles. The summed E-state index contributed by atoms with van der Waals surface area (Å²) < 4.78 is 38.4. The van der Waals surface area contributed by atoms with E-state index in [1.807, 2.05) is 0 Å².